The van der Waals surface area contributed by atoms with Crippen molar-refractivity contribution < 1.29 is 19.1 Å². The summed E-state index contributed by atoms with van der Waals surface area (Å²) in [6.07, 6.45) is 8.35. The maximum absolute atomic E-state index is 12.3. The third-order valence-electron chi connectivity index (χ3n) is 6.33. The fraction of sp³-hybridized carbons (Fsp3) is 0.500. The highest BCUT2D eigenvalue weighted by Crippen LogP contribution is 2.36. The minimum Gasteiger partial charge on any atom is -0.489 e. The van der Waals surface area contributed by atoms with Gasteiger partial charge < -0.3 is 9.47 Å². The van der Waals surface area contributed by atoms with Crippen molar-refractivity contribution in [3.05, 3.63) is 59.7 Å². The first-order chi connectivity index (χ1) is 15.6. The van der Waals surface area contributed by atoms with Crippen LogP contribution in [0.15, 0.2) is 48.5 Å². The molecule has 4 nitrogen and oxygen atoms in total. The zero-order valence-electron chi connectivity index (χ0n) is 19.5. The Morgan fingerprint density at radius 2 is 1.47 bits per heavy atom. The van der Waals surface area contributed by atoms with Gasteiger partial charge in [0.2, 0.25) is 0 Å². The summed E-state index contributed by atoms with van der Waals surface area (Å²) in [5, 5.41) is 0. The first-order valence-electron chi connectivity index (χ1n) is 12.1. The van der Waals surface area contributed by atoms with Gasteiger partial charge >= 0.3 is 5.97 Å². The lowest BCUT2D eigenvalue weighted by Crippen LogP contribution is -2.21. The van der Waals surface area contributed by atoms with Gasteiger partial charge in [0.05, 0.1) is 0 Å². The van der Waals surface area contributed by atoms with Crippen molar-refractivity contribution >= 4 is 11.8 Å². The molecule has 0 radical (unpaired) electrons. The van der Waals surface area contributed by atoms with Crippen LogP contribution >= 0.6 is 0 Å². The fourth-order valence-electron chi connectivity index (χ4n) is 4.35. The molecule has 2 aromatic carbocycles. The Hall–Kier alpha value is -2.62. The number of carbonyl (C=O) groups excluding carboxylic acids is 2. The smallest absolute Gasteiger partial charge is 0.311 e. The van der Waals surface area contributed by atoms with Crippen LogP contribution in [0.3, 0.4) is 0 Å². The Kier molecular flexibility index (Phi) is 9.33. The van der Waals surface area contributed by atoms with Gasteiger partial charge in [-0.1, -0.05) is 44.5 Å². The molecule has 32 heavy (non-hydrogen) atoms. The van der Waals surface area contributed by atoms with E-state index in [0.717, 1.165) is 62.7 Å². The number of hydrogen-bond donors (Lipinski definition) is 0. The van der Waals surface area contributed by atoms with Crippen molar-refractivity contribution in [2.24, 2.45) is 5.92 Å². The minimum absolute atomic E-state index is 0.210. The van der Waals surface area contributed by atoms with E-state index in [-0.39, 0.29) is 11.9 Å². The van der Waals surface area contributed by atoms with Crippen molar-refractivity contribution in [1.82, 2.24) is 0 Å². The van der Waals surface area contributed by atoms with Crippen molar-refractivity contribution in [2.45, 2.75) is 84.2 Å². The molecule has 0 bridgehead atoms. The molecule has 0 aliphatic heterocycles. The second-order valence-corrected chi connectivity index (χ2v) is 8.84. The molecule has 2 aromatic rings. The van der Waals surface area contributed by atoms with Crippen LogP contribution in [0.4, 0.5) is 0 Å². The van der Waals surface area contributed by atoms with Crippen LogP contribution < -0.4 is 9.47 Å². The highest BCUT2D eigenvalue weighted by Gasteiger charge is 2.26. The molecular formula is C28H36O4. The first-order valence-corrected chi connectivity index (χ1v) is 12.1. The van der Waals surface area contributed by atoms with Gasteiger partial charge in [-0.05, 0) is 79.8 Å². The van der Waals surface area contributed by atoms with Crippen LogP contribution in [-0.2, 0) is 16.2 Å². The first kappa shape index (κ1) is 24.0. The Morgan fingerprint density at radius 1 is 0.812 bits per heavy atom. The molecule has 0 spiro atoms. The minimum atomic E-state index is -0.210. The topological polar surface area (TPSA) is 52.6 Å². The standard InChI is InChI=1S/C28H36O4/c1-3-5-7-27(29)24-14-12-23(13-15-24)22-10-8-21(9-11-22)20-31-25-16-18-26(19-17-25)32-28(30)6-4-2/h8-11,16-19,23-24H,3-7,12-15,20H2,1-2H3. The summed E-state index contributed by atoms with van der Waals surface area (Å²) in [5.74, 6) is 2.40. The van der Waals surface area contributed by atoms with Gasteiger partial charge in [-0.2, -0.15) is 0 Å². The molecule has 1 saturated carbocycles. The number of benzene rings is 2. The van der Waals surface area contributed by atoms with Crippen LogP contribution in [0.25, 0.3) is 0 Å². The van der Waals surface area contributed by atoms with Crippen LogP contribution in [0, 0.1) is 5.92 Å². The Bertz CT molecular complexity index is 846. The summed E-state index contributed by atoms with van der Waals surface area (Å²) >= 11 is 0. The number of esters is 1. The van der Waals surface area contributed by atoms with Gasteiger partial charge in [-0.3, -0.25) is 9.59 Å². The molecule has 0 atom stereocenters. The predicted octanol–water partition coefficient (Wildman–Crippen LogP) is 7.00. The van der Waals surface area contributed by atoms with Gasteiger partial charge in [0.15, 0.2) is 0 Å². The number of carbonyl (C=O) groups is 2. The van der Waals surface area contributed by atoms with E-state index in [9.17, 15) is 9.59 Å². The Balaban J connectivity index is 1.44. The maximum atomic E-state index is 12.3. The fourth-order valence-corrected chi connectivity index (χ4v) is 4.35. The zero-order chi connectivity index (χ0) is 22.8. The lowest BCUT2D eigenvalue weighted by molar-refractivity contribution is -0.134. The summed E-state index contributed by atoms with van der Waals surface area (Å²) in [5.41, 5.74) is 2.49. The largest absolute Gasteiger partial charge is 0.489 e. The van der Waals surface area contributed by atoms with E-state index >= 15 is 0 Å². The molecule has 0 N–H and O–H groups in total. The van der Waals surface area contributed by atoms with Gasteiger partial charge in [0, 0.05) is 18.8 Å². The third-order valence-corrected chi connectivity index (χ3v) is 6.33. The predicted molar refractivity (Wildman–Crippen MR) is 127 cm³/mol. The molecule has 1 fully saturated rings. The average molecular weight is 437 g/mol. The van der Waals surface area contributed by atoms with E-state index in [2.05, 4.69) is 31.2 Å². The molecule has 4 heteroatoms. The van der Waals surface area contributed by atoms with Crippen molar-refractivity contribution in [3.8, 4) is 11.5 Å². The van der Waals surface area contributed by atoms with Crippen LogP contribution in [0.2, 0.25) is 0 Å². The van der Waals surface area contributed by atoms with E-state index < -0.39 is 0 Å². The number of ether oxygens (including phenoxy) is 2. The molecule has 0 amide bonds. The quantitative estimate of drug-likeness (QED) is 0.281. The number of Topliss-reactive ketones (excluding diaryl/α,β-unsaturated/α-hetero) is 1. The summed E-state index contributed by atoms with van der Waals surface area (Å²) in [6, 6.07) is 15.8. The van der Waals surface area contributed by atoms with Gasteiger partial charge in [-0.25, -0.2) is 0 Å². The highest BCUT2D eigenvalue weighted by atomic mass is 16.5. The molecule has 3 rings (SSSR count). The zero-order valence-corrected chi connectivity index (χ0v) is 19.5. The third kappa shape index (κ3) is 7.22. The lowest BCUT2D eigenvalue weighted by atomic mass is 9.76. The second kappa shape index (κ2) is 12.4. The van der Waals surface area contributed by atoms with E-state index in [1.165, 1.54) is 5.56 Å². The van der Waals surface area contributed by atoms with Crippen molar-refractivity contribution in [2.75, 3.05) is 0 Å². The summed E-state index contributed by atoms with van der Waals surface area (Å²) in [7, 11) is 0. The molecule has 1 aliphatic rings. The molecule has 0 unspecified atom stereocenters. The van der Waals surface area contributed by atoms with Crippen LogP contribution in [-0.4, -0.2) is 11.8 Å². The Labute approximate surface area is 192 Å². The summed E-state index contributed by atoms with van der Waals surface area (Å²) in [6.45, 7) is 4.59. The molecule has 0 saturated heterocycles. The summed E-state index contributed by atoms with van der Waals surface area (Å²) < 4.78 is 11.1. The Morgan fingerprint density at radius 3 is 2.09 bits per heavy atom. The lowest BCUT2D eigenvalue weighted by Gasteiger charge is -2.28. The van der Waals surface area contributed by atoms with Gasteiger partial charge in [0.1, 0.15) is 23.9 Å². The van der Waals surface area contributed by atoms with Gasteiger partial charge in [-0.15, -0.1) is 0 Å². The average Bonchev–Trinajstić information content (AvgIpc) is 2.83. The molecule has 0 aromatic heterocycles. The molecule has 0 heterocycles. The summed E-state index contributed by atoms with van der Waals surface area (Å²) in [4.78, 5) is 23.9. The van der Waals surface area contributed by atoms with E-state index in [1.54, 1.807) is 12.1 Å². The monoisotopic (exact) mass is 436 g/mol. The van der Waals surface area contributed by atoms with E-state index in [1.807, 2.05) is 19.1 Å². The van der Waals surface area contributed by atoms with Crippen LogP contribution in [0.1, 0.15) is 88.7 Å². The van der Waals surface area contributed by atoms with Crippen molar-refractivity contribution in [1.29, 1.82) is 0 Å². The normalized spacial score (nSPS) is 18.2. The molecule has 1 aliphatic carbocycles. The van der Waals surface area contributed by atoms with Crippen molar-refractivity contribution in [3.63, 3.8) is 0 Å². The second-order valence-electron chi connectivity index (χ2n) is 8.84. The maximum Gasteiger partial charge on any atom is 0.311 e. The van der Waals surface area contributed by atoms with E-state index in [4.69, 9.17) is 9.47 Å². The SMILES string of the molecule is CCCCC(=O)C1CCC(c2ccc(COc3ccc(OC(=O)CCC)cc3)cc2)CC1. The van der Waals surface area contributed by atoms with E-state index in [0.29, 0.717) is 30.5 Å². The number of ketones is 1. The number of unbranched alkanes of at least 4 members (excludes halogenated alkanes) is 1. The van der Waals surface area contributed by atoms with Crippen LogP contribution in [0.5, 0.6) is 11.5 Å². The number of rotatable bonds is 11. The van der Waals surface area contributed by atoms with Gasteiger partial charge in [0.25, 0.3) is 0 Å². The molecule has 172 valence electrons. The highest BCUT2D eigenvalue weighted by molar-refractivity contribution is 5.81. The molecular weight excluding hydrogens is 400 g/mol. The number of hydrogen-bond acceptors (Lipinski definition) is 4.